The zero-order valence-corrected chi connectivity index (χ0v) is 23.7. The summed E-state index contributed by atoms with van der Waals surface area (Å²) in [5, 5.41) is 63.4. The molecule has 2 aliphatic rings. The van der Waals surface area contributed by atoms with Crippen molar-refractivity contribution in [3.8, 4) is 0 Å². The predicted molar refractivity (Wildman–Crippen MR) is 137 cm³/mol. The van der Waals surface area contributed by atoms with Crippen LogP contribution in [0.5, 0.6) is 0 Å². The molecule has 0 spiro atoms. The van der Waals surface area contributed by atoms with Crippen molar-refractivity contribution in [2.75, 3.05) is 18.9 Å². The maximum Gasteiger partial charge on any atom is 0.481 e. The Balaban J connectivity index is 1.44. The minimum Gasteiger partial charge on any atom is -0.394 e. The minimum absolute atomic E-state index is 0.0453. The number of halogens is 1. The lowest BCUT2D eigenvalue weighted by atomic mass is 9.90. The van der Waals surface area contributed by atoms with Crippen molar-refractivity contribution < 1.29 is 72.2 Å². The second kappa shape index (κ2) is 12.4. The number of nitrogen functional groups attached to an aromatic ring is 1. The van der Waals surface area contributed by atoms with Gasteiger partial charge in [-0.05, 0) is 17.9 Å². The summed E-state index contributed by atoms with van der Waals surface area (Å²) in [5.41, 5.74) is 3.18. The number of hydrogen-bond acceptors (Lipinski definition) is 17. The van der Waals surface area contributed by atoms with Gasteiger partial charge in [-0.15, -0.1) is 0 Å². The van der Waals surface area contributed by atoms with E-state index in [-0.39, 0.29) is 17.2 Å². The Hall–Kier alpha value is -1.62. The number of rotatable bonds is 11. The average Bonchev–Trinajstić information content (AvgIpc) is 3.46. The highest BCUT2D eigenvalue weighted by atomic mass is 32.5. The fraction of sp³-hybridized carbons (Fsp3) is 0.632. The van der Waals surface area contributed by atoms with E-state index in [4.69, 9.17) is 36.6 Å². The number of fused-ring (bicyclic) bond motifs is 1. The molecule has 7 unspecified atom stereocenters. The molecule has 2 aromatic rings. The van der Waals surface area contributed by atoms with Crippen LogP contribution < -0.4 is 5.73 Å². The molecule has 42 heavy (non-hydrogen) atoms. The molecule has 19 nitrogen and oxygen atoms in total. The third-order valence-electron chi connectivity index (χ3n) is 6.49. The lowest BCUT2D eigenvalue weighted by molar-refractivity contribution is -0.292. The first-order chi connectivity index (χ1) is 19.5. The third-order valence-corrected chi connectivity index (χ3v) is 10.0. The SMILES string of the molecule is C=C[C@@]1(F)[C@H](O)[C@@H](COP(O)(=S)OP(=O)(O)OC2OC([C@@H](O)CO)C(O)C(O)C2O)O[C@H]1c1cnn2c(N)ncnc12. The Bertz CT molecular complexity index is 1390. The van der Waals surface area contributed by atoms with Crippen molar-refractivity contribution in [2.24, 2.45) is 0 Å². The number of phosphoric acid groups is 1. The summed E-state index contributed by atoms with van der Waals surface area (Å²) in [5.74, 6) is -0.0709. The van der Waals surface area contributed by atoms with Gasteiger partial charge >= 0.3 is 14.5 Å². The highest BCUT2D eigenvalue weighted by Crippen LogP contribution is 2.62. The van der Waals surface area contributed by atoms with Crippen LogP contribution in [-0.4, -0.2) is 128 Å². The first kappa shape index (κ1) is 33.3. The molecule has 10 N–H and O–H groups in total. The van der Waals surface area contributed by atoms with Gasteiger partial charge in [-0.1, -0.05) is 6.58 Å². The van der Waals surface area contributed by atoms with Gasteiger partial charge in [-0.2, -0.15) is 9.61 Å². The van der Waals surface area contributed by atoms with Crippen LogP contribution in [0.15, 0.2) is 25.2 Å². The summed E-state index contributed by atoms with van der Waals surface area (Å²) < 4.78 is 54.3. The molecule has 0 amide bonds. The highest BCUT2D eigenvalue weighted by Gasteiger charge is 2.57. The summed E-state index contributed by atoms with van der Waals surface area (Å²) in [6.07, 6.45) is -14.0. The number of ether oxygens (including phenoxy) is 2. The molecule has 0 aromatic carbocycles. The van der Waals surface area contributed by atoms with Crippen LogP contribution in [0, 0.1) is 0 Å². The fourth-order valence-corrected chi connectivity index (χ4v) is 7.45. The molecule has 0 bridgehead atoms. The summed E-state index contributed by atoms with van der Waals surface area (Å²) in [6, 6.07) is 0. The van der Waals surface area contributed by atoms with Crippen LogP contribution in [0.3, 0.4) is 0 Å². The van der Waals surface area contributed by atoms with E-state index >= 15 is 4.39 Å². The van der Waals surface area contributed by atoms with Crippen LogP contribution in [0.25, 0.3) is 5.65 Å². The number of anilines is 1. The molecule has 2 saturated heterocycles. The monoisotopic (exact) mass is 663 g/mol. The van der Waals surface area contributed by atoms with Crippen LogP contribution in [0.2, 0.25) is 0 Å². The molecule has 0 saturated carbocycles. The van der Waals surface area contributed by atoms with Gasteiger partial charge in [-0.25, -0.2) is 23.2 Å². The quantitative estimate of drug-likeness (QED) is 0.0851. The van der Waals surface area contributed by atoms with Crippen LogP contribution in [0.1, 0.15) is 11.7 Å². The fourth-order valence-electron chi connectivity index (χ4n) is 4.35. The Morgan fingerprint density at radius 3 is 2.57 bits per heavy atom. The molecule has 2 aromatic heterocycles. The predicted octanol–water partition coefficient (Wildman–Crippen LogP) is -3.07. The van der Waals surface area contributed by atoms with E-state index in [0.717, 1.165) is 16.9 Å². The van der Waals surface area contributed by atoms with Crippen molar-refractivity contribution >= 4 is 37.9 Å². The number of phosphoric ester groups is 1. The van der Waals surface area contributed by atoms with Gasteiger partial charge in [0.25, 0.3) is 0 Å². The van der Waals surface area contributed by atoms with Crippen LogP contribution >= 0.6 is 14.5 Å². The molecule has 236 valence electrons. The zero-order chi connectivity index (χ0) is 31.2. The zero-order valence-electron chi connectivity index (χ0n) is 21.1. The molecule has 0 aliphatic carbocycles. The molecule has 4 rings (SSSR count). The molecule has 12 atom stereocenters. The Morgan fingerprint density at radius 1 is 1.24 bits per heavy atom. The Kier molecular flexibility index (Phi) is 9.83. The van der Waals surface area contributed by atoms with Gasteiger partial charge in [0, 0.05) is 5.56 Å². The first-order valence-corrected chi connectivity index (χ1v) is 15.9. The molecule has 0 radical (unpaired) electrons. The average molecular weight is 663 g/mol. The van der Waals surface area contributed by atoms with E-state index in [1.807, 2.05) is 0 Å². The smallest absolute Gasteiger partial charge is 0.394 e. The van der Waals surface area contributed by atoms with Crippen molar-refractivity contribution in [3.05, 3.63) is 30.7 Å². The number of hydrogen-bond donors (Lipinski definition) is 9. The molecule has 2 aliphatic heterocycles. The Morgan fingerprint density at radius 2 is 1.93 bits per heavy atom. The van der Waals surface area contributed by atoms with Gasteiger partial charge < -0.3 is 60.2 Å². The minimum atomic E-state index is -5.51. The normalized spacial score (nSPS) is 37.3. The van der Waals surface area contributed by atoms with E-state index in [2.05, 4.69) is 30.5 Å². The van der Waals surface area contributed by atoms with Crippen molar-refractivity contribution in [1.29, 1.82) is 0 Å². The highest BCUT2D eigenvalue weighted by molar-refractivity contribution is 8.08. The number of nitrogens with zero attached hydrogens (tertiary/aromatic N) is 4. The van der Waals surface area contributed by atoms with E-state index in [0.29, 0.717) is 0 Å². The molecule has 2 fully saturated rings. The molecular weight excluding hydrogens is 635 g/mol. The summed E-state index contributed by atoms with van der Waals surface area (Å²) in [7, 11) is -5.51. The van der Waals surface area contributed by atoms with Gasteiger partial charge in [-0.3, -0.25) is 4.52 Å². The van der Waals surface area contributed by atoms with Crippen molar-refractivity contribution in [3.63, 3.8) is 0 Å². The Labute approximate surface area is 240 Å². The lowest BCUT2D eigenvalue weighted by Crippen LogP contribution is -2.61. The van der Waals surface area contributed by atoms with Gasteiger partial charge in [0.05, 0.1) is 19.4 Å². The third kappa shape index (κ3) is 6.42. The van der Waals surface area contributed by atoms with E-state index in [9.17, 15) is 39.9 Å². The standard InChI is InChI=1S/C19H28FN5O14P2S/c1-2-19(20)14(31)9(36-15(19)7-3-24-25-16(7)22-6-23-18(25)21)5-35-41(34,42)39-40(32,33)38-17-12(30)10(28)11(29)13(37-17)8(27)4-26/h2-3,6,8-15,17,26-31H,1,4-5H2,(H,32,33)(H,34,42)(H2,21,22,23)/t8-,9+,10?,11?,12?,13?,14+,15-,17?,19+,41?/m0/s1. The molecule has 23 heteroatoms. The summed E-state index contributed by atoms with van der Waals surface area (Å²) >= 11 is 4.71. The van der Waals surface area contributed by atoms with Crippen molar-refractivity contribution in [1.82, 2.24) is 19.6 Å². The number of alkyl halides is 1. The number of nitrogens with two attached hydrogens (primary N) is 1. The summed E-state index contributed by atoms with van der Waals surface area (Å²) in [4.78, 5) is 28.2. The topological polar surface area (TPSA) is 294 Å². The van der Waals surface area contributed by atoms with Gasteiger partial charge in [0.2, 0.25) is 5.95 Å². The van der Waals surface area contributed by atoms with Gasteiger partial charge in [0.15, 0.2) is 17.6 Å². The lowest BCUT2D eigenvalue weighted by Gasteiger charge is -2.41. The van der Waals surface area contributed by atoms with Crippen molar-refractivity contribution in [2.45, 2.75) is 60.8 Å². The summed E-state index contributed by atoms with van der Waals surface area (Å²) in [6.45, 7) is -3.21. The number of aliphatic hydroxyl groups excluding tert-OH is 6. The maximum atomic E-state index is 15.9. The molecule has 4 heterocycles. The largest absolute Gasteiger partial charge is 0.481 e. The second-order valence-electron chi connectivity index (χ2n) is 9.21. The van der Waals surface area contributed by atoms with E-state index in [1.54, 1.807) is 0 Å². The number of aromatic nitrogens is 4. The van der Waals surface area contributed by atoms with E-state index < -0.39 is 88.5 Å². The maximum absolute atomic E-state index is 15.9. The van der Waals surface area contributed by atoms with Crippen LogP contribution in [0.4, 0.5) is 10.3 Å². The molecular formula is C19H28FN5O14P2S. The number of aliphatic hydroxyl groups is 6. The van der Waals surface area contributed by atoms with E-state index in [1.165, 1.54) is 6.20 Å². The van der Waals surface area contributed by atoms with Crippen LogP contribution in [-0.2, 0) is 39.2 Å². The second-order valence-corrected chi connectivity index (χ2v) is 13.6. The first-order valence-electron chi connectivity index (χ1n) is 11.8. The van der Waals surface area contributed by atoms with Gasteiger partial charge in [0.1, 0.15) is 55.2 Å².